The molecule has 2 atom stereocenters. The molecule has 0 aromatic heterocycles. The molecule has 0 amide bonds. The highest BCUT2D eigenvalue weighted by Gasteiger charge is 2.23. The van der Waals surface area contributed by atoms with Gasteiger partial charge in [0, 0.05) is 25.2 Å². The largest absolute Gasteiger partial charge is 0.377 e. The second kappa shape index (κ2) is 8.89. The van der Waals surface area contributed by atoms with Crippen molar-refractivity contribution < 1.29 is 4.74 Å². The maximum atomic E-state index is 5.77. The van der Waals surface area contributed by atoms with Gasteiger partial charge < -0.3 is 10.1 Å². The third-order valence-corrected chi connectivity index (χ3v) is 3.79. The minimum absolute atomic E-state index is 0.472. The normalized spacial score (nSPS) is 23.5. The summed E-state index contributed by atoms with van der Waals surface area (Å²) in [6.45, 7) is 13.3. The van der Waals surface area contributed by atoms with Crippen LogP contribution < -0.4 is 5.32 Å². The fourth-order valence-electron chi connectivity index (χ4n) is 2.71. The summed E-state index contributed by atoms with van der Waals surface area (Å²) in [5.74, 6) is 0. The summed E-state index contributed by atoms with van der Waals surface area (Å²) in [5.41, 5.74) is 0. The number of hydrogen-bond acceptors (Lipinski definition) is 3. The van der Waals surface area contributed by atoms with E-state index >= 15 is 0 Å². The van der Waals surface area contributed by atoms with Gasteiger partial charge >= 0.3 is 0 Å². The second-order valence-electron chi connectivity index (χ2n) is 5.81. The van der Waals surface area contributed by atoms with Gasteiger partial charge in [-0.1, -0.05) is 13.8 Å². The molecule has 0 radical (unpaired) electrons. The first-order valence-corrected chi connectivity index (χ1v) is 7.72. The molecular formula is C15H32N2O. The Balaban J connectivity index is 2.17. The third kappa shape index (κ3) is 6.17. The molecule has 0 saturated carbocycles. The lowest BCUT2D eigenvalue weighted by atomic mass is 10.0. The van der Waals surface area contributed by atoms with Gasteiger partial charge in [-0.3, -0.25) is 4.90 Å². The van der Waals surface area contributed by atoms with E-state index in [0.717, 1.165) is 19.7 Å². The number of piperidine rings is 1. The zero-order valence-electron chi connectivity index (χ0n) is 12.7. The van der Waals surface area contributed by atoms with Crippen LogP contribution in [0.15, 0.2) is 0 Å². The molecule has 1 rings (SSSR count). The molecule has 0 spiro atoms. The van der Waals surface area contributed by atoms with Crippen molar-refractivity contribution in [2.75, 3.05) is 26.2 Å². The molecule has 3 heteroatoms. The van der Waals surface area contributed by atoms with E-state index in [-0.39, 0.29) is 0 Å². The van der Waals surface area contributed by atoms with Gasteiger partial charge in [-0.2, -0.15) is 0 Å². The van der Waals surface area contributed by atoms with Gasteiger partial charge in [0.25, 0.3) is 0 Å². The van der Waals surface area contributed by atoms with E-state index in [0.29, 0.717) is 18.2 Å². The number of nitrogens with one attached hydrogen (secondary N) is 1. The van der Waals surface area contributed by atoms with E-state index in [2.05, 4.69) is 37.9 Å². The van der Waals surface area contributed by atoms with E-state index < -0.39 is 0 Å². The molecule has 1 aliphatic heterocycles. The lowest BCUT2D eigenvalue weighted by molar-refractivity contribution is -0.00621. The molecule has 3 nitrogen and oxygen atoms in total. The van der Waals surface area contributed by atoms with Gasteiger partial charge in [0.15, 0.2) is 0 Å². The Hall–Kier alpha value is -0.120. The van der Waals surface area contributed by atoms with Gasteiger partial charge in [-0.05, 0) is 52.6 Å². The molecule has 0 aromatic rings. The third-order valence-electron chi connectivity index (χ3n) is 3.79. The molecule has 0 aliphatic carbocycles. The first-order chi connectivity index (χ1) is 8.63. The van der Waals surface area contributed by atoms with Crippen molar-refractivity contribution in [1.82, 2.24) is 10.2 Å². The van der Waals surface area contributed by atoms with Crippen molar-refractivity contribution >= 4 is 0 Å². The van der Waals surface area contributed by atoms with Crippen LogP contribution in [-0.4, -0.2) is 49.3 Å². The Bertz CT molecular complexity index is 207. The summed E-state index contributed by atoms with van der Waals surface area (Å²) >= 11 is 0. The Kier molecular flexibility index (Phi) is 7.87. The summed E-state index contributed by atoms with van der Waals surface area (Å²) in [6.07, 6.45) is 5.57. The molecule has 1 saturated heterocycles. The van der Waals surface area contributed by atoms with Gasteiger partial charge in [0.2, 0.25) is 0 Å². The fraction of sp³-hybridized carbons (Fsp3) is 1.00. The number of rotatable bonds is 8. The maximum Gasteiger partial charge on any atom is 0.0702 e. The molecule has 1 N–H and O–H groups in total. The lowest BCUT2D eigenvalue weighted by Crippen LogP contribution is -2.44. The van der Waals surface area contributed by atoms with Crippen LogP contribution in [0.5, 0.6) is 0 Å². The van der Waals surface area contributed by atoms with Crippen LogP contribution in [0.2, 0.25) is 0 Å². The topological polar surface area (TPSA) is 24.5 Å². The van der Waals surface area contributed by atoms with Crippen LogP contribution in [0.4, 0.5) is 0 Å². The van der Waals surface area contributed by atoms with E-state index in [1.165, 1.54) is 32.2 Å². The first kappa shape index (κ1) is 15.9. The van der Waals surface area contributed by atoms with Crippen molar-refractivity contribution in [2.45, 2.75) is 71.6 Å². The SMILES string of the molecule is CCOC1CCCN(C(C)CCCNC(C)C)C1. The van der Waals surface area contributed by atoms with Crippen molar-refractivity contribution in [1.29, 1.82) is 0 Å². The summed E-state index contributed by atoms with van der Waals surface area (Å²) in [4.78, 5) is 2.61. The van der Waals surface area contributed by atoms with Crippen LogP contribution in [0.3, 0.4) is 0 Å². The minimum atomic E-state index is 0.472. The molecule has 18 heavy (non-hydrogen) atoms. The molecule has 0 bridgehead atoms. The summed E-state index contributed by atoms with van der Waals surface area (Å²) < 4.78 is 5.77. The Labute approximate surface area is 113 Å². The Morgan fingerprint density at radius 2 is 2.11 bits per heavy atom. The number of ether oxygens (including phenoxy) is 1. The van der Waals surface area contributed by atoms with E-state index in [4.69, 9.17) is 4.74 Å². The van der Waals surface area contributed by atoms with E-state index in [1.54, 1.807) is 0 Å². The Morgan fingerprint density at radius 3 is 2.78 bits per heavy atom. The van der Waals surface area contributed by atoms with Crippen LogP contribution >= 0.6 is 0 Å². The number of hydrogen-bond donors (Lipinski definition) is 1. The van der Waals surface area contributed by atoms with Crippen molar-refractivity contribution in [3.63, 3.8) is 0 Å². The number of likely N-dealkylation sites (tertiary alicyclic amines) is 1. The fourth-order valence-corrected chi connectivity index (χ4v) is 2.71. The monoisotopic (exact) mass is 256 g/mol. The molecular weight excluding hydrogens is 224 g/mol. The molecule has 2 unspecified atom stereocenters. The van der Waals surface area contributed by atoms with Crippen molar-refractivity contribution in [2.24, 2.45) is 0 Å². The highest BCUT2D eigenvalue weighted by atomic mass is 16.5. The van der Waals surface area contributed by atoms with Gasteiger partial charge in [0.1, 0.15) is 0 Å². The molecule has 1 fully saturated rings. The molecule has 0 aromatic carbocycles. The zero-order chi connectivity index (χ0) is 13.4. The first-order valence-electron chi connectivity index (χ1n) is 7.72. The van der Waals surface area contributed by atoms with E-state index in [9.17, 15) is 0 Å². The quantitative estimate of drug-likeness (QED) is 0.676. The minimum Gasteiger partial charge on any atom is -0.377 e. The van der Waals surface area contributed by atoms with Crippen molar-refractivity contribution in [3.05, 3.63) is 0 Å². The summed E-state index contributed by atoms with van der Waals surface area (Å²) in [7, 11) is 0. The predicted octanol–water partition coefficient (Wildman–Crippen LogP) is 2.65. The summed E-state index contributed by atoms with van der Waals surface area (Å²) in [6, 6.07) is 1.31. The summed E-state index contributed by atoms with van der Waals surface area (Å²) in [5, 5.41) is 3.49. The Morgan fingerprint density at radius 1 is 1.33 bits per heavy atom. The standard InChI is InChI=1S/C15H32N2O/c1-5-18-15-9-7-11-17(12-15)14(4)8-6-10-16-13(2)3/h13-16H,5-12H2,1-4H3. The average Bonchev–Trinajstić information content (AvgIpc) is 2.35. The van der Waals surface area contributed by atoms with Crippen LogP contribution in [0, 0.1) is 0 Å². The van der Waals surface area contributed by atoms with Crippen LogP contribution in [0.25, 0.3) is 0 Å². The highest BCUT2D eigenvalue weighted by Crippen LogP contribution is 2.17. The predicted molar refractivity (Wildman–Crippen MR) is 78.1 cm³/mol. The van der Waals surface area contributed by atoms with E-state index in [1.807, 2.05) is 0 Å². The second-order valence-corrected chi connectivity index (χ2v) is 5.81. The highest BCUT2D eigenvalue weighted by molar-refractivity contribution is 4.77. The average molecular weight is 256 g/mol. The number of nitrogens with zero attached hydrogens (tertiary/aromatic N) is 1. The molecule has 108 valence electrons. The maximum absolute atomic E-state index is 5.77. The van der Waals surface area contributed by atoms with Gasteiger partial charge in [-0.25, -0.2) is 0 Å². The van der Waals surface area contributed by atoms with Crippen LogP contribution in [-0.2, 0) is 4.74 Å². The van der Waals surface area contributed by atoms with Crippen LogP contribution in [0.1, 0.15) is 53.4 Å². The van der Waals surface area contributed by atoms with Gasteiger partial charge in [0.05, 0.1) is 6.10 Å². The molecule has 1 heterocycles. The zero-order valence-corrected chi connectivity index (χ0v) is 12.7. The lowest BCUT2D eigenvalue weighted by Gasteiger charge is -2.36. The smallest absolute Gasteiger partial charge is 0.0702 e. The van der Waals surface area contributed by atoms with Crippen molar-refractivity contribution in [3.8, 4) is 0 Å². The van der Waals surface area contributed by atoms with Gasteiger partial charge in [-0.15, -0.1) is 0 Å². The molecule has 1 aliphatic rings.